The smallest absolute Gasteiger partial charge is 0.106 e. The Morgan fingerprint density at radius 2 is 1.88 bits per heavy atom. The standard InChI is InChI=1S/C20H31NO3/c1-19-8-6-13(22)10-12(19)4-5-14-15(19)7-9-20(2)16(14)11-17(23)18(20)21-24-3/h4,13-17,22-23H,5-11H2,1-3H3/b21-18+. The molecule has 0 heterocycles. The molecule has 0 aromatic carbocycles. The Morgan fingerprint density at radius 3 is 2.62 bits per heavy atom. The van der Waals surface area contributed by atoms with Crippen molar-refractivity contribution in [2.45, 2.75) is 71.0 Å². The Morgan fingerprint density at radius 1 is 1.12 bits per heavy atom. The fourth-order valence-electron chi connectivity index (χ4n) is 6.71. The second-order valence-electron chi connectivity index (χ2n) is 9.02. The number of rotatable bonds is 1. The Hall–Kier alpha value is -0.870. The Labute approximate surface area is 145 Å². The second kappa shape index (κ2) is 5.57. The van der Waals surface area contributed by atoms with E-state index in [1.54, 1.807) is 7.11 Å². The van der Waals surface area contributed by atoms with Crippen molar-refractivity contribution in [3.8, 4) is 0 Å². The molecule has 134 valence electrons. The van der Waals surface area contributed by atoms with Gasteiger partial charge in [0.25, 0.3) is 0 Å². The van der Waals surface area contributed by atoms with Crippen LogP contribution >= 0.6 is 0 Å². The molecule has 0 aromatic heterocycles. The van der Waals surface area contributed by atoms with Crippen molar-refractivity contribution in [2.24, 2.45) is 33.7 Å². The van der Waals surface area contributed by atoms with Gasteiger partial charge in [-0.1, -0.05) is 30.7 Å². The fourth-order valence-corrected chi connectivity index (χ4v) is 6.71. The third-order valence-corrected chi connectivity index (χ3v) is 8.04. The van der Waals surface area contributed by atoms with Gasteiger partial charge in [-0.25, -0.2) is 0 Å². The van der Waals surface area contributed by atoms with E-state index in [0.29, 0.717) is 17.8 Å². The molecule has 0 aliphatic heterocycles. The molecule has 4 rings (SSSR count). The molecule has 0 bridgehead atoms. The highest BCUT2D eigenvalue weighted by Gasteiger charge is 2.60. The van der Waals surface area contributed by atoms with Crippen LogP contribution in [0.4, 0.5) is 0 Å². The van der Waals surface area contributed by atoms with Crippen LogP contribution in [0.2, 0.25) is 0 Å². The summed E-state index contributed by atoms with van der Waals surface area (Å²) in [5.41, 5.74) is 2.59. The largest absolute Gasteiger partial charge is 0.399 e. The molecule has 3 fully saturated rings. The second-order valence-corrected chi connectivity index (χ2v) is 9.02. The Kier molecular flexibility index (Phi) is 3.85. The van der Waals surface area contributed by atoms with Gasteiger partial charge in [-0.15, -0.1) is 0 Å². The van der Waals surface area contributed by atoms with E-state index in [2.05, 4.69) is 25.1 Å². The third kappa shape index (κ3) is 2.15. The van der Waals surface area contributed by atoms with Crippen molar-refractivity contribution < 1.29 is 15.1 Å². The number of hydrogen-bond donors (Lipinski definition) is 2. The van der Waals surface area contributed by atoms with Crippen molar-refractivity contribution in [1.29, 1.82) is 0 Å². The van der Waals surface area contributed by atoms with Gasteiger partial charge in [0.1, 0.15) is 7.11 Å². The average molecular weight is 333 g/mol. The van der Waals surface area contributed by atoms with Crippen LogP contribution in [-0.4, -0.2) is 35.2 Å². The lowest BCUT2D eigenvalue weighted by atomic mass is 9.48. The van der Waals surface area contributed by atoms with Crippen molar-refractivity contribution in [1.82, 2.24) is 0 Å². The topological polar surface area (TPSA) is 62.0 Å². The van der Waals surface area contributed by atoms with E-state index < -0.39 is 6.10 Å². The van der Waals surface area contributed by atoms with Crippen LogP contribution in [0.3, 0.4) is 0 Å². The van der Waals surface area contributed by atoms with E-state index in [-0.39, 0.29) is 16.9 Å². The summed E-state index contributed by atoms with van der Waals surface area (Å²) in [6.45, 7) is 4.72. The van der Waals surface area contributed by atoms with Crippen LogP contribution in [0, 0.1) is 28.6 Å². The molecule has 4 aliphatic rings. The van der Waals surface area contributed by atoms with Crippen LogP contribution in [0.5, 0.6) is 0 Å². The van der Waals surface area contributed by atoms with Crippen molar-refractivity contribution >= 4 is 5.71 Å². The Balaban J connectivity index is 1.68. The fraction of sp³-hybridized carbons (Fsp3) is 0.850. The van der Waals surface area contributed by atoms with Gasteiger partial charge in [0.2, 0.25) is 0 Å². The normalized spacial score (nSPS) is 52.3. The average Bonchev–Trinajstić information content (AvgIpc) is 2.80. The molecule has 0 radical (unpaired) electrons. The third-order valence-electron chi connectivity index (χ3n) is 8.04. The summed E-state index contributed by atoms with van der Waals surface area (Å²) in [5, 5.41) is 24.9. The van der Waals surface area contributed by atoms with Gasteiger partial charge in [0, 0.05) is 5.41 Å². The van der Waals surface area contributed by atoms with Crippen LogP contribution in [0.25, 0.3) is 0 Å². The zero-order valence-corrected chi connectivity index (χ0v) is 15.2. The summed E-state index contributed by atoms with van der Waals surface area (Å²) in [6, 6.07) is 0. The van der Waals surface area contributed by atoms with Crippen molar-refractivity contribution in [2.75, 3.05) is 7.11 Å². The van der Waals surface area contributed by atoms with E-state index in [9.17, 15) is 10.2 Å². The maximum atomic E-state index is 10.6. The summed E-state index contributed by atoms with van der Waals surface area (Å²) in [7, 11) is 1.58. The molecule has 7 unspecified atom stereocenters. The Bertz CT molecular complexity index is 585. The van der Waals surface area contributed by atoms with Gasteiger partial charge in [0.05, 0.1) is 17.9 Å². The number of aliphatic hydroxyl groups is 2. The molecule has 3 saturated carbocycles. The minimum atomic E-state index is -0.454. The number of oxime groups is 1. The zero-order valence-electron chi connectivity index (χ0n) is 15.2. The van der Waals surface area contributed by atoms with E-state index in [4.69, 9.17) is 4.84 Å². The van der Waals surface area contributed by atoms with Crippen LogP contribution < -0.4 is 0 Å². The quantitative estimate of drug-likeness (QED) is 0.572. The number of hydrogen-bond acceptors (Lipinski definition) is 4. The van der Waals surface area contributed by atoms with Crippen LogP contribution in [0.1, 0.15) is 58.8 Å². The van der Waals surface area contributed by atoms with Gasteiger partial charge in [0.15, 0.2) is 0 Å². The number of nitrogens with zero attached hydrogens (tertiary/aromatic N) is 1. The van der Waals surface area contributed by atoms with Gasteiger partial charge < -0.3 is 15.1 Å². The lowest BCUT2D eigenvalue weighted by molar-refractivity contribution is -0.0237. The number of allylic oxidation sites excluding steroid dienone is 1. The molecule has 4 heteroatoms. The first-order valence-electron chi connectivity index (χ1n) is 9.57. The summed E-state index contributed by atoms with van der Waals surface area (Å²) in [4.78, 5) is 5.05. The van der Waals surface area contributed by atoms with Crippen LogP contribution in [0.15, 0.2) is 16.8 Å². The molecule has 4 aliphatic carbocycles. The monoisotopic (exact) mass is 333 g/mol. The van der Waals surface area contributed by atoms with Gasteiger partial charge in [-0.3, -0.25) is 0 Å². The molecule has 4 nitrogen and oxygen atoms in total. The summed E-state index contributed by atoms with van der Waals surface area (Å²) >= 11 is 0. The van der Waals surface area contributed by atoms with E-state index in [1.807, 2.05) is 0 Å². The highest BCUT2D eigenvalue weighted by atomic mass is 16.6. The molecule has 0 saturated heterocycles. The molecular formula is C20H31NO3. The van der Waals surface area contributed by atoms with Crippen LogP contribution in [-0.2, 0) is 4.84 Å². The van der Waals surface area contributed by atoms with Crippen molar-refractivity contribution in [3.05, 3.63) is 11.6 Å². The van der Waals surface area contributed by atoms with Gasteiger partial charge >= 0.3 is 0 Å². The van der Waals surface area contributed by atoms with E-state index in [1.165, 1.54) is 12.0 Å². The van der Waals surface area contributed by atoms with E-state index in [0.717, 1.165) is 44.2 Å². The maximum Gasteiger partial charge on any atom is 0.106 e. The lowest BCUT2D eigenvalue weighted by Crippen LogP contribution is -2.50. The number of fused-ring (bicyclic) bond motifs is 5. The first kappa shape index (κ1) is 16.6. The van der Waals surface area contributed by atoms with E-state index >= 15 is 0 Å². The minimum Gasteiger partial charge on any atom is -0.399 e. The lowest BCUT2D eigenvalue weighted by Gasteiger charge is -2.57. The molecular weight excluding hydrogens is 302 g/mol. The highest BCUT2D eigenvalue weighted by molar-refractivity contribution is 5.95. The molecule has 0 amide bonds. The molecule has 2 N–H and O–H groups in total. The van der Waals surface area contributed by atoms with Gasteiger partial charge in [-0.05, 0) is 68.1 Å². The molecule has 0 spiro atoms. The number of aliphatic hydroxyl groups excluding tert-OH is 2. The maximum absolute atomic E-state index is 10.6. The summed E-state index contributed by atoms with van der Waals surface area (Å²) in [5.74, 6) is 1.78. The van der Waals surface area contributed by atoms with Crippen molar-refractivity contribution in [3.63, 3.8) is 0 Å². The first-order valence-corrected chi connectivity index (χ1v) is 9.57. The highest BCUT2D eigenvalue weighted by Crippen LogP contribution is 2.64. The molecule has 24 heavy (non-hydrogen) atoms. The predicted octanol–water partition coefficient (Wildman–Crippen LogP) is 3.28. The summed E-state index contributed by atoms with van der Waals surface area (Å²) < 4.78 is 0. The molecule has 0 aromatic rings. The summed E-state index contributed by atoms with van der Waals surface area (Å²) in [6.07, 6.45) is 8.91. The SMILES string of the molecule is CO/N=C1\C(O)CC2C3CC=C4CC(O)CCC4(C)C3CCC12C. The van der Waals surface area contributed by atoms with Gasteiger partial charge in [-0.2, -0.15) is 0 Å². The minimum absolute atomic E-state index is 0.0214. The first-order chi connectivity index (χ1) is 11.4. The molecule has 7 atom stereocenters. The zero-order chi connectivity index (χ0) is 17.1. The predicted molar refractivity (Wildman–Crippen MR) is 93.5 cm³/mol.